The van der Waals surface area contributed by atoms with Crippen LogP contribution in [0.1, 0.15) is 17.3 Å². The van der Waals surface area contributed by atoms with E-state index in [0.29, 0.717) is 0 Å². The van der Waals surface area contributed by atoms with Gasteiger partial charge >= 0.3 is 0 Å². The number of nitrogens with two attached hydrogens (primary N) is 1. The Balaban J connectivity index is 3.14. The molecule has 0 radical (unpaired) electrons. The van der Waals surface area contributed by atoms with E-state index in [1.165, 1.54) is 14.0 Å². The molecule has 1 amide bonds. The molecule has 0 saturated carbocycles. The average Bonchev–Trinajstić information content (AvgIpc) is 2.34. The number of amides is 1. The minimum absolute atomic E-state index is 0.186. The molecule has 0 aliphatic rings. The Kier molecular flexibility index (Phi) is 4.82. The molecule has 1 aromatic carbocycles. The number of benzene rings is 1. The monoisotopic (exact) mass is 335 g/mol. The Hall–Kier alpha value is -1.70. The fraction of sp³-hybridized carbons (Fsp3) is 0.273. The topological polar surface area (TPSA) is 78.9 Å². The van der Waals surface area contributed by atoms with Gasteiger partial charge in [0.2, 0.25) is 0 Å². The molecular weight excluding hydrogens is 324 g/mol. The third-order valence-corrected chi connectivity index (χ3v) is 3.12. The molecule has 19 heavy (non-hydrogen) atoms. The number of hydrogen-bond donors (Lipinski definition) is 2. The highest BCUT2D eigenvalue weighted by Gasteiger charge is 2.26. The second-order valence-corrected chi connectivity index (χ2v) is 4.78. The van der Waals surface area contributed by atoms with Crippen LogP contribution in [0.5, 0.6) is 0 Å². The zero-order valence-electron chi connectivity index (χ0n) is 10.2. The molecule has 1 aromatic rings. The van der Waals surface area contributed by atoms with Crippen LogP contribution in [0, 0.1) is 11.6 Å². The lowest BCUT2D eigenvalue weighted by molar-refractivity contribution is 0.0766. The maximum atomic E-state index is 13.6. The molecule has 0 saturated heterocycles. The van der Waals surface area contributed by atoms with Crippen LogP contribution < -0.4 is 5.73 Å². The summed E-state index contributed by atoms with van der Waals surface area (Å²) in [5.41, 5.74) is 4.65. The van der Waals surface area contributed by atoms with Gasteiger partial charge < -0.3 is 15.8 Å². The van der Waals surface area contributed by atoms with Gasteiger partial charge in [0, 0.05) is 11.5 Å². The van der Waals surface area contributed by atoms with E-state index >= 15 is 0 Å². The van der Waals surface area contributed by atoms with E-state index in [2.05, 4.69) is 21.1 Å². The van der Waals surface area contributed by atoms with Gasteiger partial charge in [-0.25, -0.2) is 8.78 Å². The van der Waals surface area contributed by atoms with Crippen molar-refractivity contribution < 1.29 is 18.8 Å². The van der Waals surface area contributed by atoms with Gasteiger partial charge in [0.1, 0.15) is 17.2 Å². The quantitative estimate of drug-likeness (QED) is 0.383. The third kappa shape index (κ3) is 3.19. The number of amidine groups is 1. The van der Waals surface area contributed by atoms with Gasteiger partial charge in [-0.1, -0.05) is 21.1 Å². The molecule has 8 heteroatoms. The Morgan fingerprint density at radius 1 is 1.47 bits per heavy atom. The minimum Gasteiger partial charge on any atom is -0.409 e. The molecule has 1 atom stereocenters. The summed E-state index contributed by atoms with van der Waals surface area (Å²) in [6.07, 6.45) is 0. The lowest BCUT2D eigenvalue weighted by Gasteiger charge is -2.24. The molecule has 0 spiro atoms. The first-order valence-electron chi connectivity index (χ1n) is 5.18. The van der Waals surface area contributed by atoms with Gasteiger partial charge in [-0.2, -0.15) is 0 Å². The van der Waals surface area contributed by atoms with E-state index in [4.69, 9.17) is 10.9 Å². The van der Waals surface area contributed by atoms with E-state index in [-0.39, 0.29) is 10.3 Å². The van der Waals surface area contributed by atoms with Crippen LogP contribution in [-0.2, 0) is 0 Å². The van der Waals surface area contributed by atoms with Crippen molar-refractivity contribution in [1.82, 2.24) is 4.90 Å². The fourth-order valence-corrected chi connectivity index (χ4v) is 1.78. The second-order valence-electron chi connectivity index (χ2n) is 3.86. The van der Waals surface area contributed by atoms with Crippen LogP contribution in [0.3, 0.4) is 0 Å². The van der Waals surface area contributed by atoms with Gasteiger partial charge in [0.25, 0.3) is 5.91 Å². The fourth-order valence-electron chi connectivity index (χ4n) is 1.38. The predicted molar refractivity (Wildman–Crippen MR) is 69.0 cm³/mol. The summed E-state index contributed by atoms with van der Waals surface area (Å²) in [6, 6.07) is 1.16. The zero-order chi connectivity index (χ0) is 14.7. The molecule has 0 fully saturated rings. The first-order valence-corrected chi connectivity index (χ1v) is 5.98. The summed E-state index contributed by atoms with van der Waals surface area (Å²) >= 11 is 2.92. The lowest BCUT2D eigenvalue weighted by atomic mass is 10.1. The smallest absolute Gasteiger partial charge is 0.260 e. The Labute approximate surface area is 116 Å². The molecular formula is C11H12BrF2N3O2. The van der Waals surface area contributed by atoms with E-state index < -0.39 is 29.1 Å². The van der Waals surface area contributed by atoms with Gasteiger partial charge in [0.05, 0.1) is 6.04 Å². The van der Waals surface area contributed by atoms with Crippen LogP contribution in [0.15, 0.2) is 21.8 Å². The maximum absolute atomic E-state index is 13.6. The number of rotatable bonds is 3. The number of likely N-dealkylation sites (N-methyl/N-ethyl adjacent to an activating group) is 1. The van der Waals surface area contributed by atoms with Crippen molar-refractivity contribution in [3.05, 3.63) is 33.8 Å². The standard InChI is InChI=1S/C11H12BrF2N3O2/c1-5(10(15)16-19)17(2)11(18)9-7(13)3-6(12)4-8(9)14/h3-5,19H,1-2H3,(H2,15,16). The first kappa shape index (κ1) is 15.4. The molecule has 3 N–H and O–H groups in total. The van der Waals surface area contributed by atoms with E-state index in [1.54, 1.807) is 0 Å². The maximum Gasteiger partial charge on any atom is 0.260 e. The molecule has 0 aliphatic heterocycles. The molecule has 5 nitrogen and oxygen atoms in total. The highest BCUT2D eigenvalue weighted by atomic mass is 79.9. The minimum atomic E-state index is -0.990. The van der Waals surface area contributed by atoms with Crippen LogP contribution in [-0.4, -0.2) is 34.9 Å². The average molecular weight is 336 g/mol. The molecule has 104 valence electrons. The first-order chi connectivity index (χ1) is 8.79. The van der Waals surface area contributed by atoms with Gasteiger partial charge in [0.15, 0.2) is 5.84 Å². The Morgan fingerprint density at radius 3 is 2.37 bits per heavy atom. The largest absolute Gasteiger partial charge is 0.409 e. The molecule has 0 bridgehead atoms. The van der Waals surface area contributed by atoms with Crippen molar-refractivity contribution in [2.24, 2.45) is 10.9 Å². The van der Waals surface area contributed by atoms with E-state index in [9.17, 15) is 13.6 Å². The summed E-state index contributed by atoms with van der Waals surface area (Å²) in [4.78, 5) is 13.0. The molecule has 0 aliphatic carbocycles. The van der Waals surface area contributed by atoms with E-state index in [1.807, 2.05) is 0 Å². The van der Waals surface area contributed by atoms with Gasteiger partial charge in [-0.15, -0.1) is 0 Å². The Bertz CT molecular complexity index is 514. The van der Waals surface area contributed by atoms with Crippen molar-refractivity contribution in [3.8, 4) is 0 Å². The van der Waals surface area contributed by atoms with Crippen LogP contribution in [0.2, 0.25) is 0 Å². The van der Waals surface area contributed by atoms with Crippen LogP contribution in [0.25, 0.3) is 0 Å². The number of hydrogen-bond acceptors (Lipinski definition) is 3. The SMILES string of the molecule is CC(C(N)=NO)N(C)C(=O)c1c(F)cc(Br)cc1F. The van der Waals surface area contributed by atoms with Crippen LogP contribution in [0.4, 0.5) is 8.78 Å². The number of carbonyl (C=O) groups is 1. The number of nitrogens with zero attached hydrogens (tertiary/aromatic N) is 2. The predicted octanol–water partition coefficient (Wildman–Crippen LogP) is 1.93. The summed E-state index contributed by atoms with van der Waals surface area (Å²) in [5.74, 6) is -3.12. The summed E-state index contributed by atoms with van der Waals surface area (Å²) in [7, 11) is 1.30. The van der Waals surface area contributed by atoms with Crippen molar-refractivity contribution in [2.75, 3.05) is 7.05 Å². The molecule has 1 unspecified atom stereocenters. The van der Waals surface area contributed by atoms with Crippen molar-refractivity contribution >= 4 is 27.7 Å². The number of halogens is 3. The zero-order valence-corrected chi connectivity index (χ0v) is 11.8. The van der Waals surface area contributed by atoms with Gasteiger partial charge in [-0.05, 0) is 19.1 Å². The van der Waals surface area contributed by atoms with Crippen molar-refractivity contribution in [2.45, 2.75) is 13.0 Å². The van der Waals surface area contributed by atoms with Gasteiger partial charge in [-0.3, -0.25) is 4.79 Å². The summed E-state index contributed by atoms with van der Waals surface area (Å²) in [6.45, 7) is 1.46. The molecule has 0 aromatic heterocycles. The summed E-state index contributed by atoms with van der Waals surface area (Å²) in [5, 5.41) is 11.3. The number of carbonyl (C=O) groups excluding carboxylic acids is 1. The third-order valence-electron chi connectivity index (χ3n) is 2.67. The molecule has 0 heterocycles. The van der Waals surface area contributed by atoms with Crippen molar-refractivity contribution in [1.29, 1.82) is 0 Å². The normalized spacial score (nSPS) is 13.2. The lowest BCUT2D eigenvalue weighted by Crippen LogP contribution is -2.44. The Morgan fingerprint density at radius 2 is 1.95 bits per heavy atom. The van der Waals surface area contributed by atoms with Crippen LogP contribution >= 0.6 is 15.9 Å². The summed E-state index contributed by atoms with van der Waals surface area (Å²) < 4.78 is 27.5. The highest BCUT2D eigenvalue weighted by Crippen LogP contribution is 2.21. The number of oxime groups is 1. The second kappa shape index (κ2) is 5.96. The van der Waals surface area contributed by atoms with Crippen molar-refractivity contribution in [3.63, 3.8) is 0 Å². The highest BCUT2D eigenvalue weighted by molar-refractivity contribution is 9.10. The van der Waals surface area contributed by atoms with E-state index in [0.717, 1.165) is 17.0 Å². The molecule has 1 rings (SSSR count).